The Balaban J connectivity index is 1.46. The number of hydrogen-bond donors (Lipinski definition) is 1. The van der Waals surface area contributed by atoms with Crippen molar-refractivity contribution in [3.05, 3.63) is 76.2 Å². The average Bonchev–Trinajstić information content (AvgIpc) is 3.45. The van der Waals surface area contributed by atoms with Crippen molar-refractivity contribution in [3.8, 4) is 11.3 Å². The predicted octanol–water partition coefficient (Wildman–Crippen LogP) is 4.95. The molecule has 0 amide bonds. The highest BCUT2D eigenvalue weighted by Gasteiger charge is 2.41. The molecule has 0 aliphatic carbocycles. The van der Waals surface area contributed by atoms with Gasteiger partial charge in [0.1, 0.15) is 17.6 Å². The van der Waals surface area contributed by atoms with Gasteiger partial charge in [-0.3, -0.25) is 9.88 Å². The van der Waals surface area contributed by atoms with Gasteiger partial charge >= 0.3 is 0 Å². The van der Waals surface area contributed by atoms with Gasteiger partial charge in [0.15, 0.2) is 5.11 Å². The van der Waals surface area contributed by atoms with Crippen molar-refractivity contribution in [2.24, 2.45) is 0 Å². The topological polar surface area (TPSA) is 53.8 Å². The molecule has 5 rings (SSSR count). The Morgan fingerprint density at radius 1 is 1.03 bits per heavy atom. The number of nitrogens with one attached hydrogen (secondary N) is 1. The van der Waals surface area contributed by atoms with E-state index in [1.54, 1.807) is 12.3 Å². The molecular formula is C24H24Cl2N4O2S. The Morgan fingerprint density at radius 3 is 2.67 bits per heavy atom. The first kappa shape index (κ1) is 22.6. The van der Waals surface area contributed by atoms with Crippen molar-refractivity contribution in [1.82, 2.24) is 20.1 Å². The largest absolute Gasteiger partial charge is 0.459 e. The molecule has 1 aromatic carbocycles. The minimum atomic E-state index is -0.139. The zero-order chi connectivity index (χ0) is 22.8. The van der Waals surface area contributed by atoms with E-state index in [-0.39, 0.29) is 12.1 Å². The first-order chi connectivity index (χ1) is 16.1. The molecule has 3 aromatic rings. The fourth-order valence-electron chi connectivity index (χ4n) is 4.38. The maximum atomic E-state index is 6.45. The van der Waals surface area contributed by atoms with Crippen LogP contribution in [-0.2, 0) is 4.74 Å². The lowest BCUT2D eigenvalue weighted by atomic mass is 10.0. The van der Waals surface area contributed by atoms with Gasteiger partial charge in [0, 0.05) is 37.9 Å². The summed E-state index contributed by atoms with van der Waals surface area (Å²) >= 11 is 18.4. The predicted molar refractivity (Wildman–Crippen MR) is 134 cm³/mol. The number of rotatable bonds is 6. The van der Waals surface area contributed by atoms with Gasteiger partial charge in [0.2, 0.25) is 0 Å². The van der Waals surface area contributed by atoms with Crippen molar-refractivity contribution in [1.29, 1.82) is 0 Å². The van der Waals surface area contributed by atoms with Crippen molar-refractivity contribution in [2.75, 3.05) is 39.4 Å². The molecule has 0 radical (unpaired) electrons. The molecule has 172 valence electrons. The molecule has 0 bridgehead atoms. The summed E-state index contributed by atoms with van der Waals surface area (Å²) in [4.78, 5) is 9.19. The second-order valence-electron chi connectivity index (χ2n) is 8.08. The summed E-state index contributed by atoms with van der Waals surface area (Å²) < 4.78 is 11.8. The summed E-state index contributed by atoms with van der Waals surface area (Å²) in [6.07, 6.45) is 1.80. The van der Waals surface area contributed by atoms with Crippen LogP contribution in [-0.4, -0.2) is 59.3 Å². The van der Waals surface area contributed by atoms with Gasteiger partial charge in [0.05, 0.1) is 35.0 Å². The van der Waals surface area contributed by atoms with Crippen LogP contribution in [0.3, 0.4) is 0 Å². The smallest absolute Gasteiger partial charge is 0.170 e. The van der Waals surface area contributed by atoms with Crippen LogP contribution >= 0.6 is 35.4 Å². The molecule has 2 aromatic heterocycles. The van der Waals surface area contributed by atoms with E-state index >= 15 is 0 Å². The van der Waals surface area contributed by atoms with Crippen molar-refractivity contribution < 1.29 is 9.15 Å². The average molecular weight is 503 g/mol. The zero-order valence-corrected chi connectivity index (χ0v) is 20.2. The van der Waals surface area contributed by atoms with Crippen LogP contribution in [0.25, 0.3) is 11.3 Å². The fraction of sp³-hybridized carbons (Fsp3) is 0.333. The van der Waals surface area contributed by atoms with Gasteiger partial charge in [-0.2, -0.15) is 0 Å². The molecule has 2 saturated heterocycles. The standard InChI is InChI=1S/C24H24Cl2N4O2S/c25-17-5-3-4-16(21(17)26)19-7-8-20(32-19)23-22(18-6-1-2-9-27-18)28-24(33)30(23)11-10-29-12-14-31-15-13-29/h1-9,22-23H,10-15H2,(H,28,33). The number of halogens is 2. The van der Waals surface area contributed by atoms with E-state index in [0.717, 1.165) is 56.4 Å². The van der Waals surface area contributed by atoms with E-state index < -0.39 is 0 Å². The minimum Gasteiger partial charge on any atom is -0.459 e. The summed E-state index contributed by atoms with van der Waals surface area (Å²) in [5.41, 5.74) is 1.68. The van der Waals surface area contributed by atoms with Crippen LogP contribution in [0.2, 0.25) is 10.0 Å². The Hall–Kier alpha value is -2.16. The van der Waals surface area contributed by atoms with E-state index in [2.05, 4.69) is 20.1 Å². The number of pyridine rings is 1. The number of aromatic nitrogens is 1. The van der Waals surface area contributed by atoms with Gasteiger partial charge < -0.3 is 19.4 Å². The molecule has 4 heterocycles. The molecule has 2 unspecified atom stereocenters. The summed E-state index contributed by atoms with van der Waals surface area (Å²) in [6.45, 7) is 5.06. The molecule has 2 aliphatic heterocycles. The second kappa shape index (κ2) is 9.99. The molecule has 2 atom stereocenters. The van der Waals surface area contributed by atoms with Crippen LogP contribution in [0.15, 0.2) is 59.1 Å². The number of ether oxygens (including phenoxy) is 1. The molecule has 6 nitrogen and oxygen atoms in total. The van der Waals surface area contributed by atoms with E-state index in [9.17, 15) is 0 Å². The molecule has 2 fully saturated rings. The highest BCUT2D eigenvalue weighted by molar-refractivity contribution is 7.80. The lowest BCUT2D eigenvalue weighted by Gasteiger charge is -2.31. The van der Waals surface area contributed by atoms with Crippen molar-refractivity contribution >= 4 is 40.5 Å². The number of morpholine rings is 1. The normalized spacial score (nSPS) is 21.4. The summed E-state index contributed by atoms with van der Waals surface area (Å²) in [5.74, 6) is 1.47. The van der Waals surface area contributed by atoms with Crippen LogP contribution in [0.1, 0.15) is 23.5 Å². The van der Waals surface area contributed by atoms with Crippen LogP contribution in [0.4, 0.5) is 0 Å². The SMILES string of the molecule is S=C1NC(c2ccccn2)C(c2ccc(-c3cccc(Cl)c3Cl)o2)N1CCN1CCOCC1. The lowest BCUT2D eigenvalue weighted by Crippen LogP contribution is -2.42. The third-order valence-corrected chi connectivity index (χ3v) is 7.27. The van der Waals surface area contributed by atoms with Gasteiger partial charge in [0.25, 0.3) is 0 Å². The number of furan rings is 1. The lowest BCUT2D eigenvalue weighted by molar-refractivity contribution is 0.0347. The highest BCUT2D eigenvalue weighted by atomic mass is 35.5. The molecule has 0 saturated carbocycles. The first-order valence-electron chi connectivity index (χ1n) is 10.9. The Kier molecular flexibility index (Phi) is 6.85. The van der Waals surface area contributed by atoms with Gasteiger partial charge in [-0.25, -0.2) is 0 Å². The fourth-order valence-corrected chi connectivity index (χ4v) is 5.11. The Morgan fingerprint density at radius 2 is 1.88 bits per heavy atom. The first-order valence-corrected chi connectivity index (χ1v) is 12.1. The van der Waals surface area contributed by atoms with Crippen molar-refractivity contribution in [2.45, 2.75) is 12.1 Å². The maximum absolute atomic E-state index is 6.45. The molecule has 1 N–H and O–H groups in total. The third-order valence-electron chi connectivity index (χ3n) is 6.09. The van der Waals surface area contributed by atoms with Gasteiger partial charge in [-0.05, 0) is 48.6 Å². The highest BCUT2D eigenvalue weighted by Crippen LogP contribution is 2.41. The van der Waals surface area contributed by atoms with Gasteiger partial charge in [-0.15, -0.1) is 0 Å². The number of nitrogens with zero attached hydrogens (tertiary/aromatic N) is 3. The molecule has 33 heavy (non-hydrogen) atoms. The van der Waals surface area contributed by atoms with E-state index in [1.165, 1.54) is 0 Å². The maximum Gasteiger partial charge on any atom is 0.170 e. The quantitative estimate of drug-likeness (QED) is 0.478. The summed E-state index contributed by atoms with van der Waals surface area (Å²) in [6, 6.07) is 15.1. The number of thiocarbonyl (C=S) groups is 1. The molecule has 2 aliphatic rings. The van der Waals surface area contributed by atoms with Crippen LogP contribution in [0, 0.1) is 0 Å². The molecule has 0 spiro atoms. The number of hydrogen-bond acceptors (Lipinski definition) is 5. The Labute approximate surface area is 208 Å². The monoisotopic (exact) mass is 502 g/mol. The third kappa shape index (κ3) is 4.74. The molecule has 9 heteroatoms. The van der Waals surface area contributed by atoms with Crippen LogP contribution in [0.5, 0.6) is 0 Å². The summed E-state index contributed by atoms with van der Waals surface area (Å²) in [5, 5.41) is 5.14. The van der Waals surface area contributed by atoms with Crippen LogP contribution < -0.4 is 5.32 Å². The van der Waals surface area contributed by atoms with E-state index in [4.69, 9.17) is 44.6 Å². The van der Waals surface area contributed by atoms with Crippen molar-refractivity contribution in [3.63, 3.8) is 0 Å². The zero-order valence-electron chi connectivity index (χ0n) is 17.9. The second-order valence-corrected chi connectivity index (χ2v) is 9.25. The summed E-state index contributed by atoms with van der Waals surface area (Å²) in [7, 11) is 0. The van der Waals surface area contributed by atoms with Gasteiger partial charge in [-0.1, -0.05) is 35.3 Å². The van der Waals surface area contributed by atoms with E-state index in [1.807, 2.05) is 42.5 Å². The minimum absolute atomic E-state index is 0.128. The van der Waals surface area contributed by atoms with E-state index in [0.29, 0.717) is 20.9 Å². The Bertz CT molecular complexity index is 1120. The number of benzene rings is 1. The molecular weight excluding hydrogens is 479 g/mol.